The molecule has 2 unspecified atom stereocenters. The first kappa shape index (κ1) is 12.3. The highest BCUT2D eigenvalue weighted by molar-refractivity contribution is 5.05. The van der Waals surface area contributed by atoms with Crippen molar-refractivity contribution in [3.8, 4) is 0 Å². The van der Waals surface area contributed by atoms with E-state index in [9.17, 15) is 0 Å². The molecule has 2 atom stereocenters. The van der Waals surface area contributed by atoms with Crippen molar-refractivity contribution in [1.29, 1.82) is 0 Å². The van der Waals surface area contributed by atoms with E-state index in [2.05, 4.69) is 52.2 Å². The first-order valence-corrected chi connectivity index (χ1v) is 5.98. The lowest BCUT2D eigenvalue weighted by Crippen LogP contribution is -2.63. The highest BCUT2D eigenvalue weighted by Crippen LogP contribution is 2.39. The predicted molar refractivity (Wildman–Crippen MR) is 63.1 cm³/mol. The standard InChI is InChI=1S/C12H24N2O2/c1-9(2)7-13-11(5,15-9)12(6)14-8-10(3,4)16-12/h13-14H,7-8H2,1-6H3. The van der Waals surface area contributed by atoms with Crippen molar-refractivity contribution in [3.63, 3.8) is 0 Å². The van der Waals surface area contributed by atoms with Crippen LogP contribution in [0.2, 0.25) is 0 Å². The van der Waals surface area contributed by atoms with Crippen molar-refractivity contribution in [2.24, 2.45) is 0 Å². The van der Waals surface area contributed by atoms with E-state index >= 15 is 0 Å². The van der Waals surface area contributed by atoms with E-state index in [0.29, 0.717) is 0 Å². The van der Waals surface area contributed by atoms with Crippen molar-refractivity contribution >= 4 is 0 Å². The molecule has 0 bridgehead atoms. The minimum atomic E-state index is -0.482. The second kappa shape index (κ2) is 3.19. The van der Waals surface area contributed by atoms with Crippen LogP contribution in [0, 0.1) is 0 Å². The van der Waals surface area contributed by atoms with Gasteiger partial charge in [0.1, 0.15) is 0 Å². The van der Waals surface area contributed by atoms with Crippen molar-refractivity contribution in [3.05, 3.63) is 0 Å². The van der Waals surface area contributed by atoms with Crippen LogP contribution in [-0.2, 0) is 9.47 Å². The molecule has 0 radical (unpaired) electrons. The van der Waals surface area contributed by atoms with Crippen molar-refractivity contribution in [2.75, 3.05) is 13.1 Å². The van der Waals surface area contributed by atoms with Gasteiger partial charge in [-0.25, -0.2) is 0 Å². The topological polar surface area (TPSA) is 42.5 Å². The molecule has 0 aliphatic carbocycles. The molecule has 4 heteroatoms. The molecule has 16 heavy (non-hydrogen) atoms. The highest BCUT2D eigenvalue weighted by Gasteiger charge is 2.58. The number of hydrogen-bond acceptors (Lipinski definition) is 4. The monoisotopic (exact) mass is 228 g/mol. The molecule has 2 saturated heterocycles. The van der Waals surface area contributed by atoms with Crippen LogP contribution in [0.3, 0.4) is 0 Å². The molecule has 94 valence electrons. The molecular weight excluding hydrogens is 204 g/mol. The van der Waals surface area contributed by atoms with Crippen LogP contribution in [0.4, 0.5) is 0 Å². The van der Waals surface area contributed by atoms with Gasteiger partial charge in [0.25, 0.3) is 0 Å². The van der Waals surface area contributed by atoms with Gasteiger partial charge in [-0.05, 0) is 41.5 Å². The van der Waals surface area contributed by atoms with Crippen molar-refractivity contribution in [1.82, 2.24) is 10.6 Å². The third-order valence-corrected chi connectivity index (χ3v) is 3.57. The second-order valence-corrected chi connectivity index (χ2v) is 6.50. The first-order chi connectivity index (χ1) is 7.08. The van der Waals surface area contributed by atoms with Gasteiger partial charge in [0.05, 0.1) is 11.2 Å². The Morgan fingerprint density at radius 2 is 1.00 bits per heavy atom. The SMILES string of the molecule is CC1(C)CNC(C)(C2(C)NCC(C)(C)O2)O1. The van der Waals surface area contributed by atoms with Crippen LogP contribution in [-0.4, -0.2) is 35.7 Å². The molecule has 0 spiro atoms. The summed E-state index contributed by atoms with van der Waals surface area (Å²) in [6.45, 7) is 14.1. The molecule has 2 heterocycles. The fourth-order valence-electron chi connectivity index (χ4n) is 2.54. The summed E-state index contributed by atoms with van der Waals surface area (Å²) in [5, 5.41) is 6.87. The molecule has 0 aromatic heterocycles. The zero-order valence-electron chi connectivity index (χ0n) is 11.2. The Morgan fingerprint density at radius 3 is 1.19 bits per heavy atom. The maximum absolute atomic E-state index is 6.12. The van der Waals surface area contributed by atoms with E-state index in [4.69, 9.17) is 9.47 Å². The number of ether oxygens (including phenoxy) is 2. The van der Waals surface area contributed by atoms with Crippen LogP contribution in [0.25, 0.3) is 0 Å². The van der Waals surface area contributed by atoms with E-state index in [1.807, 2.05) is 0 Å². The Bertz CT molecular complexity index is 273. The molecule has 0 amide bonds. The Balaban J connectivity index is 2.19. The summed E-state index contributed by atoms with van der Waals surface area (Å²) in [6, 6.07) is 0. The first-order valence-electron chi connectivity index (χ1n) is 5.98. The maximum Gasteiger partial charge on any atom is 0.159 e. The third kappa shape index (κ3) is 1.88. The van der Waals surface area contributed by atoms with Gasteiger partial charge in [0, 0.05) is 13.1 Å². The summed E-state index contributed by atoms with van der Waals surface area (Å²) in [4.78, 5) is 0. The molecule has 4 nitrogen and oxygen atoms in total. The molecule has 0 saturated carbocycles. The smallest absolute Gasteiger partial charge is 0.159 e. The van der Waals surface area contributed by atoms with E-state index in [0.717, 1.165) is 13.1 Å². The van der Waals surface area contributed by atoms with Gasteiger partial charge in [0.15, 0.2) is 11.4 Å². The van der Waals surface area contributed by atoms with E-state index < -0.39 is 11.4 Å². The van der Waals surface area contributed by atoms with Crippen LogP contribution < -0.4 is 10.6 Å². The summed E-state index contributed by atoms with van der Waals surface area (Å²) >= 11 is 0. The zero-order chi connectivity index (χ0) is 12.2. The van der Waals surface area contributed by atoms with Gasteiger partial charge in [0.2, 0.25) is 0 Å². The van der Waals surface area contributed by atoms with Gasteiger partial charge in [-0.1, -0.05) is 0 Å². The van der Waals surface area contributed by atoms with E-state index in [1.54, 1.807) is 0 Å². The third-order valence-electron chi connectivity index (χ3n) is 3.57. The molecule has 2 aliphatic heterocycles. The van der Waals surface area contributed by atoms with E-state index in [1.165, 1.54) is 0 Å². The van der Waals surface area contributed by atoms with Crippen molar-refractivity contribution in [2.45, 2.75) is 64.2 Å². The summed E-state index contributed by atoms with van der Waals surface area (Å²) in [7, 11) is 0. The second-order valence-electron chi connectivity index (χ2n) is 6.50. The van der Waals surface area contributed by atoms with Gasteiger partial charge < -0.3 is 9.47 Å². The van der Waals surface area contributed by atoms with Crippen LogP contribution in [0.5, 0.6) is 0 Å². The molecule has 2 rings (SSSR count). The molecule has 0 aromatic rings. The average Bonchev–Trinajstić information content (AvgIpc) is 2.53. The van der Waals surface area contributed by atoms with Crippen LogP contribution in [0.1, 0.15) is 41.5 Å². The molecular formula is C12H24N2O2. The summed E-state index contributed by atoms with van der Waals surface area (Å²) in [6.07, 6.45) is 0. The average molecular weight is 228 g/mol. The fourth-order valence-corrected chi connectivity index (χ4v) is 2.54. The number of rotatable bonds is 1. The Labute approximate surface area is 98.1 Å². The lowest BCUT2D eigenvalue weighted by Gasteiger charge is -2.41. The quantitative estimate of drug-likeness (QED) is 0.708. The number of hydrogen-bond donors (Lipinski definition) is 2. The zero-order valence-corrected chi connectivity index (χ0v) is 11.2. The minimum Gasteiger partial charge on any atom is -0.349 e. The van der Waals surface area contributed by atoms with Crippen LogP contribution >= 0.6 is 0 Å². The summed E-state index contributed by atoms with van der Waals surface area (Å²) < 4.78 is 12.2. The Kier molecular flexibility index (Phi) is 2.45. The molecule has 2 N–H and O–H groups in total. The molecule has 0 aromatic carbocycles. The lowest BCUT2D eigenvalue weighted by atomic mass is 10.0. The van der Waals surface area contributed by atoms with Gasteiger partial charge in [-0.2, -0.15) is 0 Å². The Morgan fingerprint density at radius 1 is 0.688 bits per heavy atom. The highest BCUT2D eigenvalue weighted by atomic mass is 16.6. The number of nitrogens with one attached hydrogen (secondary N) is 2. The van der Waals surface area contributed by atoms with Crippen molar-refractivity contribution < 1.29 is 9.47 Å². The van der Waals surface area contributed by atoms with Gasteiger partial charge in [-0.15, -0.1) is 0 Å². The fraction of sp³-hybridized carbons (Fsp3) is 1.00. The van der Waals surface area contributed by atoms with Gasteiger partial charge >= 0.3 is 0 Å². The molecule has 2 aliphatic rings. The maximum atomic E-state index is 6.12. The Hall–Kier alpha value is -0.160. The van der Waals surface area contributed by atoms with Gasteiger partial charge in [-0.3, -0.25) is 10.6 Å². The van der Waals surface area contributed by atoms with Crippen LogP contribution in [0.15, 0.2) is 0 Å². The minimum absolute atomic E-state index is 0.143. The summed E-state index contributed by atoms with van der Waals surface area (Å²) in [5.74, 6) is 0. The lowest BCUT2D eigenvalue weighted by molar-refractivity contribution is -0.223. The largest absolute Gasteiger partial charge is 0.349 e. The summed E-state index contributed by atoms with van der Waals surface area (Å²) in [5.41, 5.74) is -1.25. The normalized spacial score (nSPS) is 46.1. The predicted octanol–water partition coefficient (Wildman–Crippen LogP) is 1.22. The van der Waals surface area contributed by atoms with E-state index in [-0.39, 0.29) is 11.2 Å². The molecule has 2 fully saturated rings.